The fourth-order valence-corrected chi connectivity index (χ4v) is 5.06. The third-order valence-electron chi connectivity index (χ3n) is 5.41. The zero-order valence-electron chi connectivity index (χ0n) is 18.7. The van der Waals surface area contributed by atoms with Crippen molar-refractivity contribution in [2.24, 2.45) is 0 Å². The minimum atomic E-state index is -3.57. The second-order valence-electron chi connectivity index (χ2n) is 7.54. The summed E-state index contributed by atoms with van der Waals surface area (Å²) >= 11 is 0. The van der Waals surface area contributed by atoms with E-state index >= 15 is 0 Å². The molecule has 0 radical (unpaired) electrons. The van der Waals surface area contributed by atoms with Crippen LogP contribution in [-0.2, 0) is 19.6 Å². The maximum Gasteiger partial charge on any atom is 0.251 e. The highest BCUT2D eigenvalue weighted by Crippen LogP contribution is 2.21. The molecule has 1 aliphatic heterocycles. The molecule has 0 atom stereocenters. The van der Waals surface area contributed by atoms with E-state index in [0.29, 0.717) is 37.3 Å². The van der Waals surface area contributed by atoms with Gasteiger partial charge in [0, 0.05) is 43.0 Å². The summed E-state index contributed by atoms with van der Waals surface area (Å²) < 4.78 is 26.4. The predicted octanol–water partition coefficient (Wildman–Crippen LogP) is 2.21. The standard InChI is InChI=1S/C23H28N4O5S/c1-3-26(4-2)33(31,32)20-13-9-18(10-14-20)25-21(28)16-24-23(30)17-7-11-19(12-8-17)27-15-5-6-22(27)29/h7-14H,3-6,15-16H2,1-2H3,(H,24,30)(H,25,28). The molecule has 3 rings (SSSR count). The lowest BCUT2D eigenvalue weighted by Crippen LogP contribution is -2.33. The molecule has 0 saturated carbocycles. The van der Waals surface area contributed by atoms with Gasteiger partial charge in [-0.25, -0.2) is 8.42 Å². The summed E-state index contributed by atoms with van der Waals surface area (Å²) in [5, 5.41) is 5.18. The van der Waals surface area contributed by atoms with Gasteiger partial charge in [-0.3, -0.25) is 14.4 Å². The number of carbonyl (C=O) groups excluding carboxylic acids is 3. The molecule has 0 bridgehead atoms. The maximum atomic E-state index is 12.5. The second-order valence-corrected chi connectivity index (χ2v) is 9.48. The highest BCUT2D eigenvalue weighted by molar-refractivity contribution is 7.89. The van der Waals surface area contributed by atoms with Gasteiger partial charge < -0.3 is 15.5 Å². The van der Waals surface area contributed by atoms with Crippen molar-refractivity contribution in [3.8, 4) is 0 Å². The van der Waals surface area contributed by atoms with Crippen LogP contribution in [0, 0.1) is 0 Å². The van der Waals surface area contributed by atoms with Crippen LogP contribution >= 0.6 is 0 Å². The van der Waals surface area contributed by atoms with E-state index in [-0.39, 0.29) is 17.3 Å². The monoisotopic (exact) mass is 472 g/mol. The van der Waals surface area contributed by atoms with Crippen LogP contribution in [0.25, 0.3) is 0 Å². The van der Waals surface area contributed by atoms with Gasteiger partial charge in [0.25, 0.3) is 5.91 Å². The van der Waals surface area contributed by atoms with Gasteiger partial charge in [-0.15, -0.1) is 0 Å². The van der Waals surface area contributed by atoms with Crippen molar-refractivity contribution in [3.05, 3.63) is 54.1 Å². The van der Waals surface area contributed by atoms with E-state index in [1.54, 1.807) is 43.0 Å². The lowest BCUT2D eigenvalue weighted by Gasteiger charge is -2.18. The number of nitrogens with one attached hydrogen (secondary N) is 2. The maximum absolute atomic E-state index is 12.5. The molecule has 2 aromatic rings. The quantitative estimate of drug-likeness (QED) is 0.581. The molecule has 1 heterocycles. The number of carbonyl (C=O) groups is 3. The minimum Gasteiger partial charge on any atom is -0.343 e. The summed E-state index contributed by atoms with van der Waals surface area (Å²) in [6.45, 7) is 4.71. The van der Waals surface area contributed by atoms with E-state index in [0.717, 1.165) is 12.1 Å². The zero-order chi connectivity index (χ0) is 24.0. The van der Waals surface area contributed by atoms with E-state index in [1.165, 1.54) is 28.6 Å². The molecule has 0 spiro atoms. The minimum absolute atomic E-state index is 0.0718. The number of rotatable bonds is 9. The van der Waals surface area contributed by atoms with Gasteiger partial charge in [-0.2, -0.15) is 4.31 Å². The van der Waals surface area contributed by atoms with Crippen LogP contribution in [0.2, 0.25) is 0 Å². The molecule has 176 valence electrons. The number of nitrogens with zero attached hydrogens (tertiary/aromatic N) is 2. The molecule has 1 fully saturated rings. The summed E-state index contributed by atoms with van der Waals surface area (Å²) in [6, 6.07) is 12.6. The van der Waals surface area contributed by atoms with Gasteiger partial charge in [0.05, 0.1) is 11.4 Å². The first-order valence-electron chi connectivity index (χ1n) is 10.8. The van der Waals surface area contributed by atoms with Crippen molar-refractivity contribution < 1.29 is 22.8 Å². The molecular weight excluding hydrogens is 444 g/mol. The summed E-state index contributed by atoms with van der Waals surface area (Å²) in [5.41, 5.74) is 1.55. The van der Waals surface area contributed by atoms with Gasteiger partial charge in [0.2, 0.25) is 21.8 Å². The first-order chi connectivity index (χ1) is 15.8. The van der Waals surface area contributed by atoms with E-state index < -0.39 is 21.8 Å². The molecule has 0 aromatic heterocycles. The normalized spacial score (nSPS) is 13.9. The Labute approximate surface area is 193 Å². The van der Waals surface area contributed by atoms with Crippen LogP contribution in [0.5, 0.6) is 0 Å². The van der Waals surface area contributed by atoms with Gasteiger partial charge >= 0.3 is 0 Å². The highest BCUT2D eigenvalue weighted by atomic mass is 32.2. The predicted molar refractivity (Wildman–Crippen MR) is 126 cm³/mol. The molecule has 3 amide bonds. The fraction of sp³-hybridized carbons (Fsp3) is 0.348. The molecule has 0 unspecified atom stereocenters. The summed E-state index contributed by atoms with van der Waals surface area (Å²) in [4.78, 5) is 38.2. The van der Waals surface area contributed by atoms with Crippen molar-refractivity contribution >= 4 is 39.1 Å². The van der Waals surface area contributed by atoms with Crippen molar-refractivity contribution in [2.75, 3.05) is 36.4 Å². The Morgan fingerprint density at radius 2 is 1.64 bits per heavy atom. The second kappa shape index (κ2) is 10.6. The smallest absolute Gasteiger partial charge is 0.251 e. The van der Waals surface area contributed by atoms with Crippen LogP contribution in [0.15, 0.2) is 53.4 Å². The number of sulfonamides is 1. The van der Waals surface area contributed by atoms with Crippen molar-refractivity contribution in [1.82, 2.24) is 9.62 Å². The topological polar surface area (TPSA) is 116 Å². The van der Waals surface area contributed by atoms with Gasteiger partial charge in [0.1, 0.15) is 0 Å². The number of hydrogen-bond donors (Lipinski definition) is 2. The average Bonchev–Trinajstić information content (AvgIpc) is 3.24. The molecule has 10 heteroatoms. The molecular formula is C23H28N4O5S. The Kier molecular flexibility index (Phi) is 7.83. The van der Waals surface area contributed by atoms with Crippen LogP contribution < -0.4 is 15.5 Å². The summed E-state index contributed by atoms with van der Waals surface area (Å²) in [7, 11) is -3.57. The number of benzene rings is 2. The van der Waals surface area contributed by atoms with Gasteiger partial charge in [0.15, 0.2) is 0 Å². The van der Waals surface area contributed by atoms with Gasteiger partial charge in [-0.1, -0.05) is 13.8 Å². The fourth-order valence-electron chi connectivity index (χ4n) is 3.60. The van der Waals surface area contributed by atoms with Crippen LogP contribution in [-0.4, -0.2) is 56.6 Å². The Morgan fingerprint density at radius 1 is 1.00 bits per heavy atom. The first kappa shape index (κ1) is 24.4. The van der Waals surface area contributed by atoms with Gasteiger partial charge in [-0.05, 0) is 55.0 Å². The molecule has 0 aliphatic carbocycles. The largest absolute Gasteiger partial charge is 0.343 e. The van der Waals surface area contributed by atoms with E-state index in [2.05, 4.69) is 10.6 Å². The third-order valence-corrected chi connectivity index (χ3v) is 7.47. The lowest BCUT2D eigenvalue weighted by molar-refractivity contribution is -0.117. The lowest BCUT2D eigenvalue weighted by atomic mass is 10.2. The SMILES string of the molecule is CCN(CC)S(=O)(=O)c1ccc(NC(=O)CNC(=O)c2ccc(N3CCCC3=O)cc2)cc1. The molecule has 2 aromatic carbocycles. The van der Waals surface area contributed by atoms with Crippen LogP contribution in [0.4, 0.5) is 11.4 Å². The molecule has 33 heavy (non-hydrogen) atoms. The van der Waals surface area contributed by atoms with Crippen LogP contribution in [0.1, 0.15) is 37.0 Å². The molecule has 1 aliphatic rings. The van der Waals surface area contributed by atoms with E-state index in [1.807, 2.05) is 0 Å². The van der Waals surface area contributed by atoms with Crippen molar-refractivity contribution in [1.29, 1.82) is 0 Å². The summed E-state index contributed by atoms with van der Waals surface area (Å²) in [5.74, 6) is -0.783. The number of amides is 3. The zero-order valence-corrected chi connectivity index (χ0v) is 19.5. The first-order valence-corrected chi connectivity index (χ1v) is 12.3. The number of anilines is 2. The Balaban J connectivity index is 1.53. The molecule has 1 saturated heterocycles. The van der Waals surface area contributed by atoms with E-state index in [9.17, 15) is 22.8 Å². The number of hydrogen-bond acceptors (Lipinski definition) is 5. The Morgan fingerprint density at radius 3 is 2.18 bits per heavy atom. The molecule has 9 nitrogen and oxygen atoms in total. The average molecular weight is 473 g/mol. The Bertz CT molecular complexity index is 1110. The Hall–Kier alpha value is -3.24. The van der Waals surface area contributed by atoms with E-state index in [4.69, 9.17) is 0 Å². The highest BCUT2D eigenvalue weighted by Gasteiger charge is 2.22. The van der Waals surface area contributed by atoms with Crippen molar-refractivity contribution in [2.45, 2.75) is 31.6 Å². The summed E-state index contributed by atoms with van der Waals surface area (Å²) in [6.07, 6.45) is 1.36. The molecule has 2 N–H and O–H groups in total. The van der Waals surface area contributed by atoms with Crippen molar-refractivity contribution in [3.63, 3.8) is 0 Å². The van der Waals surface area contributed by atoms with Crippen LogP contribution in [0.3, 0.4) is 0 Å². The third kappa shape index (κ3) is 5.77.